The Kier molecular flexibility index (Phi) is 6.41. The Morgan fingerprint density at radius 3 is 1.86 bits per heavy atom. The predicted octanol–water partition coefficient (Wildman–Crippen LogP) is 5.13. The van der Waals surface area contributed by atoms with Crippen molar-refractivity contribution in [2.24, 2.45) is 10.9 Å². The maximum absolute atomic E-state index is 13.2. The molecule has 0 spiro atoms. The van der Waals surface area contributed by atoms with Crippen molar-refractivity contribution in [1.82, 2.24) is 0 Å². The van der Waals surface area contributed by atoms with E-state index in [0.717, 1.165) is 11.1 Å². The second-order valence-electron chi connectivity index (χ2n) is 9.65. The van der Waals surface area contributed by atoms with E-state index in [1.54, 1.807) is 6.92 Å². The van der Waals surface area contributed by atoms with Gasteiger partial charge in [-0.15, -0.1) is 0 Å². The molecule has 5 nitrogen and oxygen atoms in total. The average molecular weight is 400 g/mol. The zero-order valence-electron chi connectivity index (χ0n) is 19.0. The molecule has 0 saturated carbocycles. The van der Waals surface area contributed by atoms with Crippen molar-refractivity contribution in [1.29, 1.82) is 0 Å². The van der Waals surface area contributed by atoms with Crippen LogP contribution in [0.4, 0.5) is 0 Å². The smallest absolute Gasteiger partial charge is 0.337 e. The van der Waals surface area contributed by atoms with Crippen LogP contribution in [0, 0.1) is 12.8 Å². The van der Waals surface area contributed by atoms with Crippen molar-refractivity contribution in [3.8, 4) is 0 Å². The minimum atomic E-state index is -0.692. The summed E-state index contributed by atoms with van der Waals surface area (Å²) in [5.41, 5.74) is 2.28. The molecular weight excluding hydrogens is 366 g/mol. The molecule has 158 valence electrons. The highest BCUT2D eigenvalue weighted by atomic mass is 16.6. The van der Waals surface area contributed by atoms with Crippen LogP contribution in [0.2, 0.25) is 0 Å². The Morgan fingerprint density at radius 2 is 1.38 bits per heavy atom. The molecule has 29 heavy (non-hydrogen) atoms. The first-order chi connectivity index (χ1) is 13.2. The van der Waals surface area contributed by atoms with Gasteiger partial charge in [0.1, 0.15) is 17.1 Å². The van der Waals surface area contributed by atoms with Gasteiger partial charge in [0.15, 0.2) is 0 Å². The van der Waals surface area contributed by atoms with Gasteiger partial charge in [0, 0.05) is 17.3 Å². The van der Waals surface area contributed by atoms with Gasteiger partial charge in [-0.1, -0.05) is 29.8 Å². The molecule has 1 aliphatic heterocycles. The molecular formula is C24H33NO4. The zero-order chi connectivity index (χ0) is 22.1. The second kappa shape index (κ2) is 8.13. The van der Waals surface area contributed by atoms with Crippen LogP contribution in [0.5, 0.6) is 0 Å². The Hall–Kier alpha value is -2.43. The molecule has 2 atom stereocenters. The third-order valence-electron chi connectivity index (χ3n) is 4.54. The number of benzene rings is 1. The van der Waals surface area contributed by atoms with Crippen LogP contribution in [0.15, 0.2) is 40.5 Å². The second-order valence-corrected chi connectivity index (χ2v) is 9.65. The van der Waals surface area contributed by atoms with Crippen LogP contribution >= 0.6 is 0 Å². The Balaban J connectivity index is 2.62. The highest BCUT2D eigenvalue weighted by Gasteiger charge is 2.43. The van der Waals surface area contributed by atoms with Gasteiger partial charge in [0.05, 0.1) is 5.57 Å². The van der Waals surface area contributed by atoms with Gasteiger partial charge in [-0.05, 0) is 67.9 Å². The number of aliphatic imine (C=N–C) groups is 1. The molecule has 2 rings (SSSR count). The van der Waals surface area contributed by atoms with E-state index < -0.39 is 35.0 Å². The summed E-state index contributed by atoms with van der Waals surface area (Å²) in [7, 11) is 0. The molecule has 0 saturated heterocycles. The minimum Gasteiger partial charge on any atom is -0.459 e. The maximum Gasteiger partial charge on any atom is 0.337 e. The van der Waals surface area contributed by atoms with Crippen molar-refractivity contribution in [2.75, 3.05) is 0 Å². The number of ether oxygens (including phenoxy) is 2. The van der Waals surface area contributed by atoms with E-state index >= 15 is 0 Å². The topological polar surface area (TPSA) is 65.0 Å². The number of carbonyl (C=O) groups excluding carboxylic acids is 2. The molecule has 0 N–H and O–H groups in total. The lowest BCUT2D eigenvalue weighted by Gasteiger charge is -2.34. The summed E-state index contributed by atoms with van der Waals surface area (Å²) < 4.78 is 11.4. The molecule has 5 heteroatoms. The number of rotatable bonds is 3. The summed E-state index contributed by atoms with van der Waals surface area (Å²) in [5.74, 6) is -2.05. The molecule has 0 aromatic heterocycles. The van der Waals surface area contributed by atoms with Gasteiger partial charge >= 0.3 is 11.9 Å². The molecule has 0 radical (unpaired) electrons. The van der Waals surface area contributed by atoms with E-state index in [2.05, 4.69) is 4.99 Å². The SMILES string of the molecule is CC1=NC(C)=C(C(=O)OC(C)(C)C)C(c2ccc(C)cc2)C1C(=O)OC(C)(C)C. The number of esters is 2. The van der Waals surface area contributed by atoms with Gasteiger partial charge < -0.3 is 9.47 Å². The molecule has 0 fully saturated rings. The molecule has 1 aromatic carbocycles. The highest BCUT2D eigenvalue weighted by Crippen LogP contribution is 2.41. The summed E-state index contributed by atoms with van der Waals surface area (Å²) in [6.45, 7) is 16.6. The predicted molar refractivity (Wildman–Crippen MR) is 115 cm³/mol. The van der Waals surface area contributed by atoms with Crippen LogP contribution in [0.25, 0.3) is 0 Å². The van der Waals surface area contributed by atoms with E-state index in [1.165, 1.54) is 0 Å². The van der Waals surface area contributed by atoms with Crippen molar-refractivity contribution >= 4 is 17.7 Å². The first kappa shape index (κ1) is 22.9. The summed E-state index contributed by atoms with van der Waals surface area (Å²) in [5, 5.41) is 0. The number of aryl methyl sites for hydroxylation is 1. The lowest BCUT2D eigenvalue weighted by molar-refractivity contribution is -0.158. The highest BCUT2D eigenvalue weighted by molar-refractivity contribution is 6.07. The number of hydrogen-bond acceptors (Lipinski definition) is 5. The summed E-state index contributed by atoms with van der Waals surface area (Å²) in [6, 6.07) is 7.86. The van der Waals surface area contributed by atoms with Crippen LogP contribution in [0.3, 0.4) is 0 Å². The quantitative estimate of drug-likeness (QED) is 0.661. The molecule has 1 aromatic rings. The van der Waals surface area contributed by atoms with Crippen molar-refractivity contribution < 1.29 is 19.1 Å². The van der Waals surface area contributed by atoms with Crippen LogP contribution < -0.4 is 0 Å². The first-order valence-electron chi connectivity index (χ1n) is 9.98. The molecule has 0 aliphatic carbocycles. The van der Waals surface area contributed by atoms with Gasteiger partial charge in [0.25, 0.3) is 0 Å². The largest absolute Gasteiger partial charge is 0.459 e. The van der Waals surface area contributed by atoms with Gasteiger partial charge in [-0.2, -0.15) is 0 Å². The number of hydrogen-bond donors (Lipinski definition) is 0. The number of nitrogens with zero attached hydrogens (tertiary/aromatic N) is 1. The van der Waals surface area contributed by atoms with Crippen LogP contribution in [-0.4, -0.2) is 28.9 Å². The minimum absolute atomic E-state index is 0.391. The lowest BCUT2D eigenvalue weighted by atomic mass is 9.75. The summed E-state index contributed by atoms with van der Waals surface area (Å²) >= 11 is 0. The third kappa shape index (κ3) is 5.78. The first-order valence-corrected chi connectivity index (χ1v) is 9.98. The molecule has 1 heterocycles. The van der Waals surface area contributed by atoms with E-state index in [-0.39, 0.29) is 0 Å². The number of allylic oxidation sites excluding steroid dienone is 1. The Labute approximate surface area is 174 Å². The molecule has 0 amide bonds. The van der Waals surface area contributed by atoms with E-state index in [1.807, 2.05) is 79.7 Å². The fourth-order valence-electron chi connectivity index (χ4n) is 3.44. The fourth-order valence-corrected chi connectivity index (χ4v) is 3.44. The van der Waals surface area contributed by atoms with E-state index in [0.29, 0.717) is 17.0 Å². The summed E-state index contributed by atoms with van der Waals surface area (Å²) in [4.78, 5) is 30.8. The Bertz CT molecular complexity index is 848. The summed E-state index contributed by atoms with van der Waals surface area (Å²) in [6.07, 6.45) is 0. The van der Waals surface area contributed by atoms with Crippen molar-refractivity contribution in [2.45, 2.75) is 79.4 Å². The van der Waals surface area contributed by atoms with E-state index in [9.17, 15) is 9.59 Å². The molecule has 1 aliphatic rings. The standard InChI is InChI=1S/C24H33NO4/c1-14-10-12-17(13-11-14)20-18(21(26)28-23(4,5)6)15(2)25-16(3)19(20)22(27)29-24(7,8)9/h10-13,18,20H,1-9H3. The fraction of sp³-hybridized carbons (Fsp3) is 0.542. The van der Waals surface area contributed by atoms with Crippen molar-refractivity contribution in [3.05, 3.63) is 46.7 Å². The lowest BCUT2D eigenvalue weighted by Crippen LogP contribution is -2.40. The van der Waals surface area contributed by atoms with Crippen LogP contribution in [-0.2, 0) is 19.1 Å². The monoisotopic (exact) mass is 399 g/mol. The van der Waals surface area contributed by atoms with Gasteiger partial charge in [-0.3, -0.25) is 9.79 Å². The van der Waals surface area contributed by atoms with Crippen LogP contribution in [0.1, 0.15) is 72.4 Å². The molecule has 0 bridgehead atoms. The normalized spacial score (nSPS) is 20.2. The third-order valence-corrected chi connectivity index (χ3v) is 4.54. The number of carbonyl (C=O) groups is 2. The average Bonchev–Trinajstić information content (AvgIpc) is 2.51. The van der Waals surface area contributed by atoms with Crippen molar-refractivity contribution in [3.63, 3.8) is 0 Å². The molecule has 2 unspecified atom stereocenters. The van der Waals surface area contributed by atoms with Gasteiger partial charge in [-0.25, -0.2) is 4.79 Å². The maximum atomic E-state index is 13.2. The zero-order valence-corrected chi connectivity index (χ0v) is 19.0. The van der Waals surface area contributed by atoms with E-state index in [4.69, 9.17) is 9.47 Å². The van der Waals surface area contributed by atoms with Gasteiger partial charge in [0.2, 0.25) is 0 Å². The Morgan fingerprint density at radius 1 is 0.862 bits per heavy atom.